The molecule has 1 aromatic heterocycles. The monoisotopic (exact) mass is 300 g/mol. The largest absolute Gasteiger partial charge is 0.370 e. The fourth-order valence-corrected chi connectivity index (χ4v) is 1.82. The van der Waals surface area contributed by atoms with Gasteiger partial charge in [-0.25, -0.2) is 14.4 Å². The maximum Gasteiger partial charge on any atom is 0.270 e. The highest BCUT2D eigenvalue weighted by Crippen LogP contribution is 2.06. The molecule has 2 N–H and O–H groups in total. The van der Waals surface area contributed by atoms with E-state index in [0.29, 0.717) is 24.6 Å². The molecule has 0 atom stereocenters. The van der Waals surface area contributed by atoms with Crippen molar-refractivity contribution in [3.63, 3.8) is 0 Å². The Morgan fingerprint density at radius 3 is 2.77 bits per heavy atom. The standard InChI is InChI=1S/C16H17FN4O/c1-2-8-19-16(22)14-10-15(21-11-20-14)18-9-7-12-3-5-13(17)6-4-12/h2-6,10-11H,1,7-9H2,(H,19,22)(H,18,20,21). The summed E-state index contributed by atoms with van der Waals surface area (Å²) in [5.41, 5.74) is 1.31. The molecule has 114 valence electrons. The number of hydrogen-bond donors (Lipinski definition) is 2. The molecule has 0 aliphatic rings. The molecule has 22 heavy (non-hydrogen) atoms. The number of halogens is 1. The van der Waals surface area contributed by atoms with Crippen LogP contribution < -0.4 is 10.6 Å². The molecular formula is C16H17FN4O. The zero-order valence-electron chi connectivity index (χ0n) is 12.1. The lowest BCUT2D eigenvalue weighted by Gasteiger charge is -2.07. The van der Waals surface area contributed by atoms with E-state index >= 15 is 0 Å². The molecular weight excluding hydrogens is 283 g/mol. The number of carbonyl (C=O) groups is 1. The second-order valence-corrected chi connectivity index (χ2v) is 4.59. The quantitative estimate of drug-likeness (QED) is 0.769. The molecule has 5 nitrogen and oxygen atoms in total. The van der Waals surface area contributed by atoms with Crippen molar-refractivity contribution in [2.24, 2.45) is 0 Å². The molecule has 1 heterocycles. The minimum Gasteiger partial charge on any atom is -0.370 e. The summed E-state index contributed by atoms with van der Waals surface area (Å²) in [6.07, 6.45) is 3.66. The molecule has 0 radical (unpaired) electrons. The van der Waals surface area contributed by atoms with Crippen molar-refractivity contribution < 1.29 is 9.18 Å². The first-order valence-electron chi connectivity index (χ1n) is 6.88. The number of amides is 1. The van der Waals surface area contributed by atoms with Crippen molar-refractivity contribution in [2.45, 2.75) is 6.42 Å². The maximum absolute atomic E-state index is 12.8. The SMILES string of the molecule is C=CCNC(=O)c1cc(NCCc2ccc(F)cc2)ncn1. The van der Waals surface area contributed by atoms with E-state index < -0.39 is 0 Å². The topological polar surface area (TPSA) is 66.9 Å². The van der Waals surface area contributed by atoms with Crippen molar-refractivity contribution >= 4 is 11.7 Å². The number of aromatic nitrogens is 2. The highest BCUT2D eigenvalue weighted by Gasteiger charge is 2.07. The second kappa shape index (κ2) is 7.87. The average Bonchev–Trinajstić information content (AvgIpc) is 2.55. The van der Waals surface area contributed by atoms with E-state index in [2.05, 4.69) is 27.2 Å². The Morgan fingerprint density at radius 1 is 1.27 bits per heavy atom. The molecule has 1 aromatic carbocycles. The third kappa shape index (κ3) is 4.66. The van der Waals surface area contributed by atoms with E-state index in [1.165, 1.54) is 18.5 Å². The molecule has 0 aliphatic carbocycles. The van der Waals surface area contributed by atoms with Crippen LogP contribution in [0.25, 0.3) is 0 Å². The lowest BCUT2D eigenvalue weighted by Crippen LogP contribution is -2.24. The summed E-state index contributed by atoms with van der Waals surface area (Å²) in [5.74, 6) is 0.0486. The first-order chi connectivity index (χ1) is 10.7. The maximum atomic E-state index is 12.8. The van der Waals surface area contributed by atoms with Crippen molar-refractivity contribution in [3.05, 3.63) is 66.4 Å². The fourth-order valence-electron chi connectivity index (χ4n) is 1.82. The predicted octanol–water partition coefficient (Wildman–Crippen LogP) is 2.19. The normalized spacial score (nSPS) is 10.0. The Morgan fingerprint density at radius 2 is 2.05 bits per heavy atom. The molecule has 0 unspecified atom stereocenters. The third-order valence-electron chi connectivity index (χ3n) is 2.94. The fraction of sp³-hybridized carbons (Fsp3) is 0.188. The molecule has 0 aliphatic heterocycles. The average molecular weight is 300 g/mol. The van der Waals surface area contributed by atoms with Gasteiger partial charge in [0.05, 0.1) is 0 Å². The summed E-state index contributed by atoms with van der Waals surface area (Å²) in [4.78, 5) is 19.8. The Hall–Kier alpha value is -2.76. The van der Waals surface area contributed by atoms with Gasteiger partial charge in [0.2, 0.25) is 0 Å². The number of nitrogens with one attached hydrogen (secondary N) is 2. The van der Waals surface area contributed by atoms with E-state index in [4.69, 9.17) is 0 Å². The number of anilines is 1. The highest BCUT2D eigenvalue weighted by molar-refractivity contribution is 5.92. The van der Waals surface area contributed by atoms with Crippen LogP contribution >= 0.6 is 0 Å². The summed E-state index contributed by atoms with van der Waals surface area (Å²) in [7, 11) is 0. The molecule has 1 amide bonds. The van der Waals surface area contributed by atoms with E-state index in [0.717, 1.165) is 12.0 Å². The predicted molar refractivity (Wildman–Crippen MR) is 83.2 cm³/mol. The zero-order chi connectivity index (χ0) is 15.8. The molecule has 6 heteroatoms. The summed E-state index contributed by atoms with van der Waals surface area (Å²) in [6, 6.07) is 7.93. The van der Waals surface area contributed by atoms with Crippen LogP contribution in [0.15, 0.2) is 49.3 Å². The number of nitrogens with zero attached hydrogens (tertiary/aromatic N) is 2. The molecule has 0 bridgehead atoms. The lowest BCUT2D eigenvalue weighted by atomic mass is 10.1. The first-order valence-corrected chi connectivity index (χ1v) is 6.88. The highest BCUT2D eigenvalue weighted by atomic mass is 19.1. The van der Waals surface area contributed by atoms with Crippen LogP contribution in [0.2, 0.25) is 0 Å². The van der Waals surface area contributed by atoms with Gasteiger partial charge in [0, 0.05) is 19.2 Å². The van der Waals surface area contributed by atoms with Crippen LogP contribution in [0.3, 0.4) is 0 Å². The Balaban J connectivity index is 1.88. The summed E-state index contributed by atoms with van der Waals surface area (Å²) < 4.78 is 12.8. The van der Waals surface area contributed by atoms with Gasteiger partial charge in [0.25, 0.3) is 5.91 Å². The van der Waals surface area contributed by atoms with Gasteiger partial charge in [0.1, 0.15) is 23.7 Å². The zero-order valence-corrected chi connectivity index (χ0v) is 12.1. The Labute approximate surface area is 128 Å². The first kappa shape index (κ1) is 15.6. The summed E-state index contributed by atoms with van der Waals surface area (Å²) in [6.45, 7) is 4.54. The van der Waals surface area contributed by atoms with Gasteiger partial charge in [0.15, 0.2) is 0 Å². The van der Waals surface area contributed by atoms with Crippen LogP contribution in [0, 0.1) is 5.82 Å². The number of hydrogen-bond acceptors (Lipinski definition) is 4. The van der Waals surface area contributed by atoms with Gasteiger partial charge < -0.3 is 10.6 Å². The van der Waals surface area contributed by atoms with Crippen molar-refractivity contribution in [2.75, 3.05) is 18.4 Å². The third-order valence-corrected chi connectivity index (χ3v) is 2.94. The molecule has 2 rings (SSSR count). The number of carbonyl (C=O) groups excluding carboxylic acids is 1. The van der Waals surface area contributed by atoms with Gasteiger partial charge in [-0.15, -0.1) is 6.58 Å². The lowest BCUT2D eigenvalue weighted by molar-refractivity contribution is 0.0953. The summed E-state index contributed by atoms with van der Waals surface area (Å²) >= 11 is 0. The van der Waals surface area contributed by atoms with Gasteiger partial charge in [-0.05, 0) is 24.1 Å². The van der Waals surface area contributed by atoms with Crippen LogP contribution in [-0.4, -0.2) is 29.0 Å². The second-order valence-electron chi connectivity index (χ2n) is 4.59. The molecule has 2 aromatic rings. The Bertz CT molecular complexity index is 643. The minimum atomic E-state index is -0.274. The number of benzene rings is 1. The van der Waals surface area contributed by atoms with Crippen molar-refractivity contribution in [3.8, 4) is 0 Å². The van der Waals surface area contributed by atoms with Crippen molar-refractivity contribution in [1.82, 2.24) is 15.3 Å². The van der Waals surface area contributed by atoms with Crippen LogP contribution in [0.4, 0.5) is 10.2 Å². The molecule has 0 saturated carbocycles. The van der Waals surface area contributed by atoms with Gasteiger partial charge >= 0.3 is 0 Å². The van der Waals surface area contributed by atoms with E-state index in [1.54, 1.807) is 24.3 Å². The van der Waals surface area contributed by atoms with E-state index in [-0.39, 0.29) is 11.7 Å². The van der Waals surface area contributed by atoms with Crippen LogP contribution in [0.5, 0.6) is 0 Å². The minimum absolute atomic E-state index is 0.248. The van der Waals surface area contributed by atoms with Crippen LogP contribution in [0.1, 0.15) is 16.1 Å². The van der Waals surface area contributed by atoms with E-state index in [9.17, 15) is 9.18 Å². The summed E-state index contributed by atoms with van der Waals surface area (Å²) in [5, 5.41) is 5.77. The molecule has 0 fully saturated rings. The van der Waals surface area contributed by atoms with E-state index in [1.807, 2.05) is 0 Å². The molecule has 0 spiro atoms. The van der Waals surface area contributed by atoms with Gasteiger partial charge in [-0.3, -0.25) is 4.79 Å². The van der Waals surface area contributed by atoms with Crippen LogP contribution in [-0.2, 0) is 6.42 Å². The Kier molecular flexibility index (Phi) is 5.59. The van der Waals surface area contributed by atoms with Crippen molar-refractivity contribution in [1.29, 1.82) is 0 Å². The molecule has 0 saturated heterocycles. The smallest absolute Gasteiger partial charge is 0.270 e. The van der Waals surface area contributed by atoms with Gasteiger partial charge in [-0.2, -0.15) is 0 Å². The number of rotatable bonds is 7. The van der Waals surface area contributed by atoms with Gasteiger partial charge in [-0.1, -0.05) is 18.2 Å².